The summed E-state index contributed by atoms with van der Waals surface area (Å²) in [4.78, 5) is 70.8. The first-order valence-corrected chi connectivity index (χ1v) is 25.1. The third kappa shape index (κ3) is 15.0. The molecule has 0 bridgehead atoms. The van der Waals surface area contributed by atoms with E-state index < -0.39 is 11.9 Å². The van der Waals surface area contributed by atoms with E-state index in [0.717, 1.165) is 108 Å². The van der Waals surface area contributed by atoms with Crippen LogP contribution in [-0.2, 0) is 19.2 Å². The minimum absolute atomic E-state index is 0.243. The molecule has 2 saturated heterocycles. The van der Waals surface area contributed by atoms with E-state index in [-0.39, 0.29) is 11.8 Å². The topological polar surface area (TPSA) is 221 Å². The summed E-state index contributed by atoms with van der Waals surface area (Å²) in [6, 6.07) is 44.3. The van der Waals surface area contributed by atoms with Crippen molar-refractivity contribution in [3.05, 3.63) is 183 Å². The SMILES string of the molecule is C=CC(=O)Nc1cccc(-c2cccc3cnc(Nc4ccc(N5CCN(C)CC5)cc4)nc23)c1.C=CC(=O)Nc1cccc(-c2cccc3cnc(Nc4ccc(N5CCN(C)CC5)cc4)nc23)c1.O=C(O)/C=C\C(=O)O. The van der Waals surface area contributed by atoms with Gasteiger partial charge in [0.1, 0.15) is 0 Å². The number of hydrogen-bond acceptors (Lipinski definition) is 14. The molecule has 2 aliphatic heterocycles. The summed E-state index contributed by atoms with van der Waals surface area (Å²) in [6.45, 7) is 15.5. The molecule has 0 saturated carbocycles. The van der Waals surface area contributed by atoms with Gasteiger partial charge in [-0.25, -0.2) is 29.5 Å². The number of aliphatic carboxylic acids is 2. The summed E-state index contributed by atoms with van der Waals surface area (Å²) < 4.78 is 0. The molecule has 2 fully saturated rings. The van der Waals surface area contributed by atoms with Gasteiger partial charge in [0.05, 0.1) is 11.0 Å². The van der Waals surface area contributed by atoms with Gasteiger partial charge in [0.15, 0.2) is 0 Å². The van der Waals surface area contributed by atoms with Crippen molar-refractivity contribution in [3.8, 4) is 22.3 Å². The lowest BCUT2D eigenvalue weighted by Crippen LogP contribution is -2.44. The zero-order chi connectivity index (χ0) is 55.0. The van der Waals surface area contributed by atoms with Crippen molar-refractivity contribution in [2.45, 2.75) is 0 Å². The number of likely N-dealkylation sites (N-methyl/N-ethyl adjacent to an activating group) is 2. The lowest BCUT2D eigenvalue weighted by atomic mass is 10.0. The number of anilines is 8. The minimum Gasteiger partial charge on any atom is -0.478 e. The molecule has 2 aliphatic rings. The van der Waals surface area contributed by atoms with Crippen LogP contribution >= 0.6 is 0 Å². The van der Waals surface area contributed by atoms with E-state index >= 15 is 0 Å². The van der Waals surface area contributed by atoms with Gasteiger partial charge in [-0.2, -0.15) is 0 Å². The van der Waals surface area contributed by atoms with Crippen molar-refractivity contribution in [3.63, 3.8) is 0 Å². The van der Waals surface area contributed by atoms with Gasteiger partial charge < -0.3 is 51.1 Å². The Labute approximate surface area is 452 Å². The minimum atomic E-state index is -1.26. The Morgan fingerprint density at radius 2 is 0.859 bits per heavy atom. The number of para-hydroxylation sites is 2. The molecule has 0 unspecified atom stereocenters. The van der Waals surface area contributed by atoms with Crippen LogP contribution in [0.1, 0.15) is 0 Å². The zero-order valence-electron chi connectivity index (χ0n) is 43.3. The Bertz CT molecular complexity index is 3240. The third-order valence-electron chi connectivity index (χ3n) is 12.8. The lowest BCUT2D eigenvalue weighted by molar-refractivity contribution is -0.134. The highest BCUT2D eigenvalue weighted by atomic mass is 16.4. The van der Waals surface area contributed by atoms with Crippen molar-refractivity contribution < 1.29 is 29.4 Å². The standard InChI is InChI=1S/2C28H28N6O.C4H4O4/c2*1-3-26(35)30-23-8-4-6-20(18-23)25-9-5-7-21-19-29-28(32-27(21)25)31-22-10-12-24(13-11-22)34-16-14-33(2)15-17-34;5-3(6)1-2-4(7)8/h2*3-13,18-19H,1,14-17H2,2H3,(H,30,35)(H,29,31,32);1-2H,(H,5,6)(H,7,8)/b;;2-1-. The molecule has 0 aliphatic carbocycles. The molecule has 6 aromatic carbocycles. The molecule has 8 aromatic rings. The number of nitrogens with one attached hydrogen (secondary N) is 4. The Morgan fingerprint density at radius 1 is 0.487 bits per heavy atom. The molecule has 18 heteroatoms. The van der Waals surface area contributed by atoms with Gasteiger partial charge in [-0.3, -0.25) is 9.59 Å². The quantitative estimate of drug-likeness (QED) is 0.0558. The second kappa shape index (κ2) is 26.1. The van der Waals surface area contributed by atoms with Gasteiger partial charge in [0.2, 0.25) is 23.7 Å². The first-order valence-electron chi connectivity index (χ1n) is 25.1. The summed E-state index contributed by atoms with van der Waals surface area (Å²) in [5.74, 6) is -1.93. The lowest BCUT2D eigenvalue weighted by Gasteiger charge is -2.34. The number of aromatic nitrogens is 4. The number of carbonyl (C=O) groups excluding carboxylic acids is 2. The summed E-state index contributed by atoms with van der Waals surface area (Å²) in [5.41, 5.74) is 11.3. The molecule has 6 N–H and O–H groups in total. The summed E-state index contributed by atoms with van der Waals surface area (Å²) >= 11 is 0. The molecule has 0 spiro atoms. The first-order chi connectivity index (χ1) is 37.8. The number of piperazine rings is 2. The van der Waals surface area contributed by atoms with Crippen molar-refractivity contribution in [1.82, 2.24) is 29.7 Å². The number of benzene rings is 6. The number of carboxylic acids is 2. The van der Waals surface area contributed by atoms with Crippen LogP contribution in [0.4, 0.5) is 46.0 Å². The van der Waals surface area contributed by atoms with Crippen LogP contribution in [-0.4, -0.2) is 130 Å². The molecule has 18 nitrogen and oxygen atoms in total. The molecule has 2 amide bonds. The van der Waals surface area contributed by atoms with Gasteiger partial charge in [0, 0.05) is 133 Å². The van der Waals surface area contributed by atoms with E-state index in [4.69, 9.17) is 20.2 Å². The average molecular weight is 1050 g/mol. The van der Waals surface area contributed by atoms with Crippen LogP contribution in [0.25, 0.3) is 44.1 Å². The smallest absolute Gasteiger partial charge is 0.328 e. The van der Waals surface area contributed by atoms with Crippen molar-refractivity contribution >= 4 is 91.6 Å². The van der Waals surface area contributed by atoms with Crippen LogP contribution in [0.5, 0.6) is 0 Å². The first kappa shape index (κ1) is 54.5. The van der Waals surface area contributed by atoms with Crippen LogP contribution in [0.15, 0.2) is 183 Å². The number of carbonyl (C=O) groups is 4. The zero-order valence-corrected chi connectivity index (χ0v) is 43.3. The van der Waals surface area contributed by atoms with Crippen molar-refractivity contribution in [2.75, 3.05) is 97.5 Å². The Morgan fingerprint density at radius 3 is 1.22 bits per heavy atom. The second-order valence-electron chi connectivity index (χ2n) is 18.4. The number of hydrogen-bond donors (Lipinski definition) is 6. The molecule has 4 heterocycles. The molecular weight excluding hydrogens is 985 g/mol. The highest BCUT2D eigenvalue weighted by Crippen LogP contribution is 2.32. The Kier molecular flexibility index (Phi) is 18.2. The van der Waals surface area contributed by atoms with E-state index in [1.54, 1.807) is 0 Å². The second-order valence-corrected chi connectivity index (χ2v) is 18.4. The van der Waals surface area contributed by atoms with E-state index in [1.165, 1.54) is 23.5 Å². The number of nitrogens with zero attached hydrogens (tertiary/aromatic N) is 8. The number of rotatable bonds is 14. The summed E-state index contributed by atoms with van der Waals surface area (Å²) in [7, 11) is 4.33. The fraction of sp³-hybridized carbons (Fsp3) is 0.167. The van der Waals surface area contributed by atoms with Crippen LogP contribution < -0.4 is 31.1 Å². The Hall–Kier alpha value is -9.78. The fourth-order valence-electron chi connectivity index (χ4n) is 8.65. The maximum Gasteiger partial charge on any atom is 0.328 e. The van der Waals surface area contributed by atoms with E-state index in [9.17, 15) is 19.2 Å². The largest absolute Gasteiger partial charge is 0.478 e. The molecule has 396 valence electrons. The van der Waals surface area contributed by atoms with E-state index in [0.29, 0.717) is 35.4 Å². The molecule has 0 atom stereocenters. The maximum atomic E-state index is 11.7. The average Bonchev–Trinajstić information content (AvgIpc) is 3.55. The normalized spacial score (nSPS) is 13.6. The van der Waals surface area contributed by atoms with Crippen LogP contribution in [0, 0.1) is 0 Å². The van der Waals surface area contributed by atoms with Crippen molar-refractivity contribution in [1.29, 1.82) is 0 Å². The number of amides is 2. The monoisotopic (exact) mass is 1040 g/mol. The number of fused-ring (bicyclic) bond motifs is 2. The molecule has 78 heavy (non-hydrogen) atoms. The molecule has 2 aromatic heterocycles. The van der Waals surface area contributed by atoms with Gasteiger partial charge in [-0.15, -0.1) is 0 Å². The summed E-state index contributed by atoms with van der Waals surface area (Å²) in [6.07, 6.45) is 7.29. The third-order valence-corrected chi connectivity index (χ3v) is 12.8. The molecule has 0 radical (unpaired) electrons. The number of carboxylic acid groups (broad SMARTS) is 2. The molecular formula is C60H60N12O6. The van der Waals surface area contributed by atoms with Gasteiger partial charge in [0.25, 0.3) is 0 Å². The summed E-state index contributed by atoms with van der Waals surface area (Å²) in [5, 5.41) is 29.8. The van der Waals surface area contributed by atoms with E-state index in [2.05, 4.69) is 127 Å². The predicted octanol–water partition coefficient (Wildman–Crippen LogP) is 9.55. The van der Waals surface area contributed by atoms with Crippen molar-refractivity contribution in [2.24, 2.45) is 0 Å². The van der Waals surface area contributed by atoms with Crippen LogP contribution in [0.2, 0.25) is 0 Å². The van der Waals surface area contributed by atoms with Gasteiger partial charge >= 0.3 is 11.9 Å². The highest BCUT2D eigenvalue weighted by Gasteiger charge is 2.17. The fourth-order valence-corrected chi connectivity index (χ4v) is 8.65. The Balaban J connectivity index is 0.000000181. The van der Waals surface area contributed by atoms with E-state index in [1.807, 2.05) is 97.3 Å². The highest BCUT2D eigenvalue weighted by molar-refractivity contribution is 6.01. The molecule has 10 rings (SSSR count). The van der Waals surface area contributed by atoms with Gasteiger partial charge in [-0.05, 0) is 110 Å². The maximum absolute atomic E-state index is 11.7. The predicted molar refractivity (Wildman–Crippen MR) is 311 cm³/mol. The van der Waals surface area contributed by atoms with Crippen LogP contribution in [0.3, 0.4) is 0 Å². The van der Waals surface area contributed by atoms with Gasteiger partial charge in [-0.1, -0.05) is 73.8 Å².